The van der Waals surface area contributed by atoms with Crippen LogP contribution in [-0.2, 0) is 11.2 Å². The van der Waals surface area contributed by atoms with E-state index in [0.717, 1.165) is 11.1 Å². The summed E-state index contributed by atoms with van der Waals surface area (Å²) < 4.78 is 34.8. The summed E-state index contributed by atoms with van der Waals surface area (Å²) in [4.78, 5) is 24.9. The number of amides is 1. The molecule has 2 saturated heterocycles. The molecule has 2 aliphatic heterocycles. The van der Waals surface area contributed by atoms with Gasteiger partial charge in [0.05, 0.1) is 44.1 Å². The van der Waals surface area contributed by atoms with Crippen molar-refractivity contribution >= 4 is 39.3 Å². The quantitative estimate of drug-likeness (QED) is 0.349. The number of rotatable bonds is 7. The van der Waals surface area contributed by atoms with Crippen LogP contribution in [0, 0.1) is 24.1 Å². The summed E-state index contributed by atoms with van der Waals surface area (Å²) in [6.45, 7) is 6.57. The molecule has 0 aliphatic carbocycles. The lowest BCUT2D eigenvalue weighted by atomic mass is 10.1. The predicted molar refractivity (Wildman–Crippen MR) is 161 cm³/mol. The molecule has 2 fully saturated rings. The Bertz CT molecular complexity index is 1770. The number of aliphatic hydroxyl groups excluding tert-OH is 1. The van der Waals surface area contributed by atoms with E-state index in [1.165, 1.54) is 15.9 Å². The maximum Gasteiger partial charge on any atom is 0.236 e. The minimum Gasteiger partial charge on any atom is -0.389 e. The molecule has 0 radical (unpaired) electrons. The number of anilines is 3. The number of hydrogen-bond donors (Lipinski definition) is 1. The van der Waals surface area contributed by atoms with Crippen molar-refractivity contribution < 1.29 is 17.0 Å². The molecule has 4 aromatic rings. The van der Waals surface area contributed by atoms with Crippen LogP contribution in [0.3, 0.4) is 0 Å². The zero-order valence-corrected chi connectivity index (χ0v) is 24.6. The molecule has 6 rings (SSSR count). The lowest BCUT2D eigenvalue weighted by molar-refractivity contribution is -0.142. The molecule has 0 saturated carbocycles. The number of likely N-dealkylation sites (tertiary alicyclic amines) is 1. The predicted octanol–water partition coefficient (Wildman–Crippen LogP) is 3.43. The van der Waals surface area contributed by atoms with Gasteiger partial charge in [0.2, 0.25) is 5.91 Å². The van der Waals surface area contributed by atoms with Gasteiger partial charge in [0.15, 0.2) is 10.9 Å². The number of hydrogen-bond acceptors (Lipinski definition) is 9. The molecular formula is C30H33FN8O2S. The fraction of sp³-hybridized carbons (Fsp3) is 0.400. The van der Waals surface area contributed by atoms with Crippen LogP contribution in [0.15, 0.2) is 36.5 Å². The van der Waals surface area contributed by atoms with Gasteiger partial charge in [0.25, 0.3) is 0 Å². The van der Waals surface area contributed by atoms with Gasteiger partial charge >= 0.3 is 0 Å². The molecular weight excluding hydrogens is 555 g/mol. The summed E-state index contributed by atoms with van der Waals surface area (Å²) in [5.41, 5.74) is 3.94. The first-order valence-corrected chi connectivity index (χ1v) is 14.8. The number of nitriles is 1. The van der Waals surface area contributed by atoms with E-state index in [1.807, 2.05) is 43.0 Å². The van der Waals surface area contributed by atoms with Crippen molar-refractivity contribution in [3.8, 4) is 17.3 Å². The van der Waals surface area contributed by atoms with Crippen LogP contribution in [0.25, 0.3) is 16.8 Å². The highest BCUT2D eigenvalue weighted by molar-refractivity contribution is 7.16. The Labute approximate surface area is 250 Å². The summed E-state index contributed by atoms with van der Waals surface area (Å²) in [6.07, 6.45) is -0.422. The van der Waals surface area contributed by atoms with Gasteiger partial charge in [0.1, 0.15) is 16.6 Å². The Balaban J connectivity index is 1.33. The average molecular weight is 591 g/mol. The second kappa shape index (κ2) is 11.3. The Morgan fingerprint density at radius 1 is 1.26 bits per heavy atom. The molecule has 2 aliphatic rings. The third-order valence-electron chi connectivity index (χ3n) is 7.84. The second-order valence-corrected chi connectivity index (χ2v) is 11.7. The number of benzene rings is 1. The number of thiazole rings is 1. The molecule has 1 amide bonds. The lowest BCUT2D eigenvalue weighted by Crippen LogP contribution is -2.57. The van der Waals surface area contributed by atoms with Gasteiger partial charge in [-0.1, -0.05) is 48.1 Å². The van der Waals surface area contributed by atoms with Gasteiger partial charge < -0.3 is 19.8 Å². The number of β-amino-alcohol motifs (C(OH)–C–C–N with tert-alkyl or cyclic N) is 1. The number of pyridine rings is 1. The number of nitrogens with zero attached hydrogens (tertiary/aromatic N) is 8. The van der Waals surface area contributed by atoms with Crippen LogP contribution in [0.1, 0.15) is 25.8 Å². The SMILES string of the molecule is [2H]c1c(N2CCN(CC(=O)N3CC(O)C3)CC2)c(F)c([2H])n2nc(CC)c(N(C)c3nc(-c4ccc(C)cc4)c(C#N)s3)c12. The number of aromatic nitrogens is 3. The molecule has 0 atom stereocenters. The number of halogens is 1. The number of fused-ring (bicyclic) bond motifs is 1. The van der Waals surface area contributed by atoms with Crippen molar-refractivity contribution in [3.63, 3.8) is 0 Å². The highest BCUT2D eigenvalue weighted by atomic mass is 32.1. The largest absolute Gasteiger partial charge is 0.389 e. The van der Waals surface area contributed by atoms with Gasteiger partial charge in [-0.25, -0.2) is 13.9 Å². The van der Waals surface area contributed by atoms with Gasteiger partial charge in [-0.2, -0.15) is 10.4 Å². The minimum atomic E-state index is -0.816. The highest BCUT2D eigenvalue weighted by Gasteiger charge is 2.31. The van der Waals surface area contributed by atoms with Crippen molar-refractivity contribution in [2.75, 3.05) is 62.7 Å². The van der Waals surface area contributed by atoms with Crippen molar-refractivity contribution in [2.45, 2.75) is 26.4 Å². The van der Waals surface area contributed by atoms with E-state index in [9.17, 15) is 16.5 Å². The smallest absolute Gasteiger partial charge is 0.236 e. The third kappa shape index (κ3) is 5.19. The maximum atomic E-state index is 15.8. The van der Waals surface area contributed by atoms with Gasteiger partial charge in [-0.3, -0.25) is 9.69 Å². The molecule has 0 bridgehead atoms. The van der Waals surface area contributed by atoms with E-state index in [0.29, 0.717) is 78.3 Å². The summed E-state index contributed by atoms with van der Waals surface area (Å²) in [5.74, 6) is -0.860. The Morgan fingerprint density at radius 3 is 2.62 bits per heavy atom. The molecule has 1 aromatic carbocycles. The van der Waals surface area contributed by atoms with Crippen molar-refractivity contribution in [3.05, 3.63) is 58.4 Å². The van der Waals surface area contributed by atoms with Crippen LogP contribution in [-0.4, -0.2) is 94.4 Å². The van der Waals surface area contributed by atoms with E-state index >= 15 is 4.39 Å². The van der Waals surface area contributed by atoms with Crippen LogP contribution in [0.2, 0.25) is 0 Å². The number of carbonyl (C=O) groups excluding carboxylic acids is 1. The summed E-state index contributed by atoms with van der Waals surface area (Å²) in [6, 6.07) is 9.95. The zero-order chi connectivity index (χ0) is 31.3. The molecule has 218 valence electrons. The molecule has 10 nitrogen and oxygen atoms in total. The molecule has 42 heavy (non-hydrogen) atoms. The first-order chi connectivity index (χ1) is 21.1. The number of piperazine rings is 1. The minimum absolute atomic E-state index is 0.0359. The average Bonchev–Trinajstić information content (AvgIpc) is 3.62. The van der Waals surface area contributed by atoms with Gasteiger partial charge in [-0.15, -0.1) is 0 Å². The molecule has 1 N–H and O–H groups in total. The topological polar surface area (TPSA) is 104 Å². The fourth-order valence-electron chi connectivity index (χ4n) is 5.38. The van der Waals surface area contributed by atoms with Crippen molar-refractivity contribution in [1.82, 2.24) is 24.4 Å². The van der Waals surface area contributed by atoms with Crippen molar-refractivity contribution in [2.24, 2.45) is 0 Å². The van der Waals surface area contributed by atoms with E-state index in [-0.39, 0.29) is 24.2 Å². The number of aryl methyl sites for hydroxylation is 2. The summed E-state index contributed by atoms with van der Waals surface area (Å²) in [5, 5.41) is 24.4. The van der Waals surface area contributed by atoms with Crippen molar-refractivity contribution in [1.29, 1.82) is 5.26 Å². The normalized spacial score (nSPS) is 16.8. The molecule has 0 unspecified atom stereocenters. The van der Waals surface area contributed by atoms with E-state index in [2.05, 4.69) is 11.2 Å². The maximum absolute atomic E-state index is 15.8. The summed E-state index contributed by atoms with van der Waals surface area (Å²) in [7, 11) is 1.79. The van der Waals surface area contributed by atoms with E-state index in [4.69, 9.17) is 6.35 Å². The van der Waals surface area contributed by atoms with E-state index in [1.54, 1.807) is 21.7 Å². The van der Waals surface area contributed by atoms with Gasteiger partial charge in [0, 0.05) is 51.9 Å². The Morgan fingerprint density at radius 2 is 1.98 bits per heavy atom. The first kappa shape index (κ1) is 25.6. The number of carbonyl (C=O) groups is 1. The van der Waals surface area contributed by atoms with Gasteiger partial charge in [-0.05, 0) is 19.4 Å². The van der Waals surface area contributed by atoms with Crippen LogP contribution < -0.4 is 9.80 Å². The van der Waals surface area contributed by atoms with E-state index < -0.39 is 18.1 Å². The molecule has 0 spiro atoms. The lowest BCUT2D eigenvalue weighted by Gasteiger charge is -2.39. The molecule has 3 aromatic heterocycles. The standard InChI is InChI=1S/C30H33FN8O2S/c1-4-23-29(35(3)30-33-28(26(14-32)42-30)20-7-5-19(2)6-8-20)25-13-24(22(31)17-39(25)34-23)37-11-9-36(10-12-37)18-27(41)38-15-21(40)16-38/h5-8,13,17,21,40H,4,9-12,15-16,18H2,1-3H3/i13D,17D. The third-order valence-corrected chi connectivity index (χ3v) is 8.88. The van der Waals surface area contributed by atoms with Crippen LogP contribution >= 0.6 is 11.3 Å². The highest BCUT2D eigenvalue weighted by Crippen LogP contribution is 2.39. The second-order valence-electron chi connectivity index (χ2n) is 10.7. The summed E-state index contributed by atoms with van der Waals surface area (Å²) >= 11 is 1.22. The van der Waals surface area contributed by atoms with Crippen LogP contribution in [0.5, 0.6) is 0 Å². The molecule has 12 heteroatoms. The Hall–Kier alpha value is -4.05. The first-order valence-electron chi connectivity index (χ1n) is 15.0. The van der Waals surface area contributed by atoms with Crippen LogP contribution in [0.4, 0.5) is 20.9 Å². The fourth-order valence-corrected chi connectivity index (χ4v) is 6.23. The number of aliphatic hydroxyl groups is 1. The zero-order valence-electron chi connectivity index (χ0n) is 25.8. The Kier molecular flexibility index (Phi) is 6.91. The monoisotopic (exact) mass is 590 g/mol. The molecule has 5 heterocycles.